The summed E-state index contributed by atoms with van der Waals surface area (Å²) < 4.78 is 1.88. The molecular weight excluding hydrogens is 258 g/mol. The molecule has 0 aliphatic rings. The van der Waals surface area contributed by atoms with E-state index in [9.17, 15) is 5.11 Å². The molecule has 2 aromatic heterocycles. The highest BCUT2D eigenvalue weighted by Crippen LogP contribution is 2.29. The molecule has 0 radical (unpaired) electrons. The fraction of sp³-hybridized carbons (Fsp3) is 0.143. The van der Waals surface area contributed by atoms with Crippen molar-refractivity contribution in [2.24, 2.45) is 0 Å². The van der Waals surface area contributed by atoms with Gasteiger partial charge < -0.3 is 5.11 Å². The van der Waals surface area contributed by atoms with Crippen molar-refractivity contribution in [3.8, 4) is 27.6 Å². The van der Waals surface area contributed by atoms with Crippen molar-refractivity contribution in [1.82, 2.24) is 14.8 Å². The van der Waals surface area contributed by atoms with Gasteiger partial charge in [-0.3, -0.25) is 4.68 Å². The summed E-state index contributed by atoms with van der Waals surface area (Å²) in [5, 5.41) is 16.5. The van der Waals surface area contributed by atoms with E-state index in [0.29, 0.717) is 0 Å². The number of phenols is 1. The normalized spacial score (nSPS) is 10.8. The van der Waals surface area contributed by atoms with Gasteiger partial charge >= 0.3 is 0 Å². The molecule has 4 nitrogen and oxygen atoms in total. The molecule has 1 N–H and O–H groups in total. The van der Waals surface area contributed by atoms with Crippen molar-refractivity contribution in [2.75, 3.05) is 0 Å². The molecule has 2 heterocycles. The Bertz CT molecular complexity index is 685. The zero-order valence-electron chi connectivity index (χ0n) is 10.4. The highest BCUT2D eigenvalue weighted by atomic mass is 32.1. The summed E-state index contributed by atoms with van der Waals surface area (Å²) in [6.07, 6.45) is 3.83. The van der Waals surface area contributed by atoms with E-state index in [2.05, 4.69) is 17.0 Å². The number of rotatable bonds is 3. The minimum Gasteiger partial charge on any atom is -0.508 e. The molecule has 0 atom stereocenters. The molecule has 5 heteroatoms. The predicted molar refractivity (Wildman–Crippen MR) is 76.1 cm³/mol. The average molecular weight is 271 g/mol. The number of hydrogen-bond acceptors (Lipinski definition) is 4. The molecule has 0 amide bonds. The average Bonchev–Trinajstić information content (AvgIpc) is 3.08. The lowest BCUT2D eigenvalue weighted by Crippen LogP contribution is -1.91. The largest absolute Gasteiger partial charge is 0.508 e. The van der Waals surface area contributed by atoms with Crippen molar-refractivity contribution < 1.29 is 5.11 Å². The topological polar surface area (TPSA) is 50.9 Å². The SMILES string of the molecule is CCn1cc(-c2csc(-c3ccc(O)cc3)n2)cn1. The van der Waals surface area contributed by atoms with Crippen LogP contribution in [0.1, 0.15) is 6.92 Å². The van der Waals surface area contributed by atoms with Crippen molar-refractivity contribution in [1.29, 1.82) is 0 Å². The third-order valence-corrected chi connectivity index (χ3v) is 3.76. The number of aryl methyl sites for hydroxylation is 1. The van der Waals surface area contributed by atoms with Crippen LogP contribution in [0.2, 0.25) is 0 Å². The van der Waals surface area contributed by atoms with E-state index in [1.807, 2.05) is 34.6 Å². The zero-order chi connectivity index (χ0) is 13.2. The fourth-order valence-electron chi connectivity index (χ4n) is 1.81. The van der Waals surface area contributed by atoms with E-state index in [0.717, 1.165) is 28.4 Å². The van der Waals surface area contributed by atoms with Gasteiger partial charge in [-0.1, -0.05) is 0 Å². The van der Waals surface area contributed by atoms with Crippen LogP contribution < -0.4 is 0 Å². The standard InChI is InChI=1S/C14H13N3OS/c1-2-17-8-11(7-15-17)13-9-19-14(16-13)10-3-5-12(18)6-4-10/h3-9,18H,2H2,1H3. The van der Waals surface area contributed by atoms with Crippen molar-refractivity contribution in [3.05, 3.63) is 42.0 Å². The van der Waals surface area contributed by atoms with E-state index in [4.69, 9.17) is 0 Å². The zero-order valence-corrected chi connectivity index (χ0v) is 11.3. The molecule has 0 saturated heterocycles. The van der Waals surface area contributed by atoms with Crippen LogP contribution in [0, 0.1) is 0 Å². The van der Waals surface area contributed by atoms with Crippen molar-refractivity contribution >= 4 is 11.3 Å². The fourth-order valence-corrected chi connectivity index (χ4v) is 2.65. The Labute approximate surface area is 115 Å². The molecule has 96 valence electrons. The lowest BCUT2D eigenvalue weighted by Gasteiger charge is -1.96. The van der Waals surface area contributed by atoms with E-state index in [1.54, 1.807) is 23.5 Å². The molecule has 19 heavy (non-hydrogen) atoms. The lowest BCUT2D eigenvalue weighted by atomic mass is 10.2. The Morgan fingerprint density at radius 3 is 2.68 bits per heavy atom. The molecule has 3 rings (SSSR count). The number of thiazole rings is 1. The quantitative estimate of drug-likeness (QED) is 0.794. The van der Waals surface area contributed by atoms with Crippen LogP contribution >= 0.6 is 11.3 Å². The van der Waals surface area contributed by atoms with Crippen molar-refractivity contribution in [2.45, 2.75) is 13.5 Å². The number of phenolic OH excluding ortho intramolecular Hbond substituents is 1. The number of hydrogen-bond donors (Lipinski definition) is 1. The Hall–Kier alpha value is -2.14. The molecule has 3 aromatic rings. The summed E-state index contributed by atoms with van der Waals surface area (Å²) in [6.45, 7) is 2.91. The predicted octanol–water partition coefficient (Wildman–Crippen LogP) is 3.40. The van der Waals surface area contributed by atoms with E-state index < -0.39 is 0 Å². The van der Waals surface area contributed by atoms with Crippen LogP contribution in [-0.2, 0) is 6.54 Å². The van der Waals surface area contributed by atoms with E-state index in [-0.39, 0.29) is 5.75 Å². The lowest BCUT2D eigenvalue weighted by molar-refractivity contribution is 0.475. The Balaban J connectivity index is 1.92. The molecule has 0 aliphatic heterocycles. The first-order chi connectivity index (χ1) is 9.26. The molecule has 0 bridgehead atoms. The minimum absolute atomic E-state index is 0.268. The van der Waals surface area contributed by atoms with Gasteiger partial charge in [-0.25, -0.2) is 4.98 Å². The second-order valence-corrected chi connectivity index (χ2v) is 5.03. The molecule has 0 saturated carbocycles. The van der Waals surface area contributed by atoms with Gasteiger partial charge in [-0.05, 0) is 31.2 Å². The third kappa shape index (κ3) is 2.37. The van der Waals surface area contributed by atoms with Gasteiger partial charge in [-0.15, -0.1) is 11.3 Å². The first-order valence-electron chi connectivity index (χ1n) is 6.04. The molecule has 1 aromatic carbocycles. The smallest absolute Gasteiger partial charge is 0.124 e. The molecule has 0 unspecified atom stereocenters. The van der Waals surface area contributed by atoms with Crippen LogP contribution in [0.5, 0.6) is 5.75 Å². The first-order valence-corrected chi connectivity index (χ1v) is 6.92. The minimum atomic E-state index is 0.268. The number of aromatic nitrogens is 3. The summed E-state index contributed by atoms with van der Waals surface area (Å²) in [4.78, 5) is 4.61. The highest BCUT2D eigenvalue weighted by molar-refractivity contribution is 7.13. The number of aromatic hydroxyl groups is 1. The Kier molecular flexibility index (Phi) is 3.05. The van der Waals surface area contributed by atoms with Gasteiger partial charge in [0.2, 0.25) is 0 Å². The third-order valence-electron chi connectivity index (χ3n) is 2.87. The Morgan fingerprint density at radius 1 is 1.21 bits per heavy atom. The van der Waals surface area contributed by atoms with Crippen LogP contribution in [-0.4, -0.2) is 19.9 Å². The van der Waals surface area contributed by atoms with Gasteiger partial charge in [0.1, 0.15) is 10.8 Å². The van der Waals surface area contributed by atoms with Crippen molar-refractivity contribution in [3.63, 3.8) is 0 Å². The van der Waals surface area contributed by atoms with Gasteiger partial charge in [-0.2, -0.15) is 5.10 Å². The van der Waals surface area contributed by atoms with Crippen LogP contribution in [0.4, 0.5) is 0 Å². The number of nitrogens with zero attached hydrogens (tertiary/aromatic N) is 3. The Morgan fingerprint density at radius 2 is 2.00 bits per heavy atom. The second-order valence-electron chi connectivity index (χ2n) is 4.17. The molecule has 0 spiro atoms. The van der Waals surface area contributed by atoms with Crippen LogP contribution in [0.3, 0.4) is 0 Å². The maximum atomic E-state index is 9.29. The van der Waals surface area contributed by atoms with Gasteiger partial charge in [0, 0.05) is 29.2 Å². The molecule has 0 fully saturated rings. The maximum absolute atomic E-state index is 9.29. The molecular formula is C14H13N3OS. The van der Waals surface area contributed by atoms with Gasteiger partial charge in [0.25, 0.3) is 0 Å². The monoisotopic (exact) mass is 271 g/mol. The van der Waals surface area contributed by atoms with E-state index in [1.165, 1.54) is 0 Å². The van der Waals surface area contributed by atoms with Crippen LogP contribution in [0.15, 0.2) is 42.0 Å². The summed E-state index contributed by atoms with van der Waals surface area (Å²) in [5.74, 6) is 0.268. The summed E-state index contributed by atoms with van der Waals surface area (Å²) in [5.41, 5.74) is 2.98. The van der Waals surface area contributed by atoms with Crippen LogP contribution in [0.25, 0.3) is 21.8 Å². The van der Waals surface area contributed by atoms with E-state index >= 15 is 0 Å². The van der Waals surface area contributed by atoms with Gasteiger partial charge in [0.05, 0.1) is 11.9 Å². The second kappa shape index (κ2) is 4.85. The number of benzene rings is 1. The molecule has 0 aliphatic carbocycles. The maximum Gasteiger partial charge on any atom is 0.124 e. The summed E-state index contributed by atoms with van der Waals surface area (Å²) >= 11 is 1.59. The summed E-state index contributed by atoms with van der Waals surface area (Å²) in [6, 6.07) is 7.08. The van der Waals surface area contributed by atoms with Gasteiger partial charge in [0.15, 0.2) is 0 Å². The summed E-state index contributed by atoms with van der Waals surface area (Å²) in [7, 11) is 0. The highest BCUT2D eigenvalue weighted by Gasteiger charge is 2.08. The first kappa shape index (κ1) is 11.9.